The number of thiocarbonyl (C=S) groups is 1. The molecule has 0 atom stereocenters. The van der Waals surface area contributed by atoms with Crippen LogP contribution in [-0.2, 0) is 0 Å². The molecule has 24 heavy (non-hydrogen) atoms. The van der Waals surface area contributed by atoms with Crippen molar-refractivity contribution in [2.45, 2.75) is 6.92 Å². The maximum atomic E-state index is 13.5. The van der Waals surface area contributed by atoms with E-state index >= 15 is 0 Å². The van der Waals surface area contributed by atoms with Crippen LogP contribution in [0.25, 0.3) is 0 Å². The topological polar surface area (TPSA) is 69.4 Å². The summed E-state index contributed by atoms with van der Waals surface area (Å²) in [5.41, 5.74) is 4.51. The number of hydrazone groups is 1. The third kappa shape index (κ3) is 5.04. The van der Waals surface area contributed by atoms with Gasteiger partial charge in [0.1, 0.15) is 17.6 Å². The molecule has 0 aliphatic heterocycles. The van der Waals surface area contributed by atoms with Crippen molar-refractivity contribution in [3.63, 3.8) is 0 Å². The number of hydrogen-bond donors (Lipinski definition) is 2. The summed E-state index contributed by atoms with van der Waals surface area (Å²) in [5, 5.41) is 15.6. The molecule has 0 aromatic heterocycles. The Balaban J connectivity index is 1.94. The first-order chi connectivity index (χ1) is 11.6. The van der Waals surface area contributed by atoms with Gasteiger partial charge in [-0.2, -0.15) is 10.4 Å². The summed E-state index contributed by atoms with van der Waals surface area (Å²) in [6, 6.07) is 15.3. The molecule has 7 heteroatoms. The number of nitrogens with zero attached hydrogens (tertiary/aromatic N) is 2. The molecule has 2 aromatic rings. The number of anilines is 1. The highest BCUT2D eigenvalue weighted by molar-refractivity contribution is 7.80. The standard InChI is InChI=1S/C17H15FN4OS/c1-12(13-6-8-14(9-7-13)23-11-10-19)21-22-17(24)20-16-5-3-2-4-15(16)18/h2-9H,11H2,1H3,(H2,20,22,24)/b21-12-. The van der Waals surface area contributed by atoms with Crippen molar-refractivity contribution in [1.82, 2.24) is 5.43 Å². The molecule has 0 saturated heterocycles. The lowest BCUT2D eigenvalue weighted by Crippen LogP contribution is -2.25. The van der Waals surface area contributed by atoms with E-state index in [1.807, 2.05) is 25.1 Å². The van der Waals surface area contributed by atoms with Crippen molar-refractivity contribution in [2.75, 3.05) is 11.9 Å². The summed E-state index contributed by atoms with van der Waals surface area (Å²) in [4.78, 5) is 0. The third-order valence-electron chi connectivity index (χ3n) is 3.02. The minimum atomic E-state index is -0.393. The highest BCUT2D eigenvalue weighted by Gasteiger charge is 2.03. The molecular weight excluding hydrogens is 327 g/mol. The molecule has 0 unspecified atom stereocenters. The molecule has 0 saturated carbocycles. The smallest absolute Gasteiger partial charge is 0.191 e. The number of ether oxygens (including phenoxy) is 1. The van der Waals surface area contributed by atoms with Crippen LogP contribution in [0.2, 0.25) is 0 Å². The summed E-state index contributed by atoms with van der Waals surface area (Å²) in [6.07, 6.45) is 0. The zero-order valence-electron chi connectivity index (χ0n) is 12.9. The predicted octanol–water partition coefficient (Wildman–Crippen LogP) is 3.44. The first-order valence-corrected chi connectivity index (χ1v) is 7.47. The van der Waals surface area contributed by atoms with Crippen molar-refractivity contribution in [3.05, 3.63) is 59.9 Å². The van der Waals surface area contributed by atoms with Gasteiger partial charge in [0.15, 0.2) is 11.7 Å². The van der Waals surface area contributed by atoms with Gasteiger partial charge in [-0.25, -0.2) is 4.39 Å². The number of rotatable bonds is 5. The molecule has 0 radical (unpaired) electrons. The lowest BCUT2D eigenvalue weighted by atomic mass is 10.1. The second-order valence-corrected chi connectivity index (χ2v) is 5.12. The highest BCUT2D eigenvalue weighted by atomic mass is 32.1. The van der Waals surface area contributed by atoms with E-state index in [1.165, 1.54) is 6.07 Å². The first-order valence-electron chi connectivity index (χ1n) is 7.06. The zero-order valence-corrected chi connectivity index (χ0v) is 13.7. The predicted molar refractivity (Wildman–Crippen MR) is 95.5 cm³/mol. The van der Waals surface area contributed by atoms with E-state index in [-0.39, 0.29) is 17.4 Å². The Labute approximate surface area is 144 Å². The van der Waals surface area contributed by atoms with Crippen LogP contribution >= 0.6 is 12.2 Å². The number of hydrogen-bond acceptors (Lipinski definition) is 4. The molecule has 0 aliphatic rings. The zero-order chi connectivity index (χ0) is 17.4. The molecule has 122 valence electrons. The number of benzene rings is 2. The largest absolute Gasteiger partial charge is 0.479 e. The summed E-state index contributed by atoms with van der Waals surface area (Å²) in [7, 11) is 0. The second-order valence-electron chi connectivity index (χ2n) is 4.71. The van der Waals surface area contributed by atoms with Crippen LogP contribution in [-0.4, -0.2) is 17.4 Å². The molecule has 2 aromatic carbocycles. The van der Waals surface area contributed by atoms with Gasteiger partial charge in [0.25, 0.3) is 0 Å². The quantitative estimate of drug-likeness (QED) is 0.495. The summed E-state index contributed by atoms with van der Waals surface area (Å²) in [5.74, 6) is 0.216. The Morgan fingerprint density at radius 1 is 1.25 bits per heavy atom. The van der Waals surface area contributed by atoms with E-state index in [4.69, 9.17) is 22.2 Å². The normalized spacial score (nSPS) is 10.6. The Kier molecular flexibility index (Phi) is 6.23. The van der Waals surface area contributed by atoms with Crippen molar-refractivity contribution in [1.29, 1.82) is 5.26 Å². The number of nitriles is 1. The van der Waals surface area contributed by atoms with Crippen molar-refractivity contribution >= 4 is 28.7 Å². The van der Waals surface area contributed by atoms with Crippen LogP contribution in [0.4, 0.5) is 10.1 Å². The molecule has 0 heterocycles. The van der Waals surface area contributed by atoms with Gasteiger partial charge in [0.2, 0.25) is 0 Å². The van der Waals surface area contributed by atoms with E-state index in [9.17, 15) is 4.39 Å². The number of para-hydroxylation sites is 1. The van der Waals surface area contributed by atoms with E-state index in [1.54, 1.807) is 30.3 Å². The molecule has 0 amide bonds. The average Bonchev–Trinajstić information content (AvgIpc) is 2.60. The minimum Gasteiger partial charge on any atom is -0.479 e. The van der Waals surface area contributed by atoms with E-state index in [2.05, 4.69) is 15.8 Å². The van der Waals surface area contributed by atoms with E-state index in [0.717, 1.165) is 5.56 Å². The Morgan fingerprint density at radius 2 is 1.96 bits per heavy atom. The highest BCUT2D eigenvalue weighted by Crippen LogP contribution is 2.13. The number of halogens is 1. The Morgan fingerprint density at radius 3 is 2.62 bits per heavy atom. The molecule has 2 N–H and O–H groups in total. The minimum absolute atomic E-state index is 0.00393. The third-order valence-corrected chi connectivity index (χ3v) is 3.22. The molecule has 2 rings (SSSR count). The summed E-state index contributed by atoms with van der Waals surface area (Å²) in [6.45, 7) is 1.81. The SMILES string of the molecule is C/C(=N/NC(=S)Nc1ccccc1F)c1ccc(OCC#N)cc1. The fourth-order valence-corrected chi connectivity index (χ4v) is 1.98. The lowest BCUT2D eigenvalue weighted by Gasteiger charge is -2.09. The fourth-order valence-electron chi connectivity index (χ4n) is 1.82. The molecule has 0 fully saturated rings. The van der Waals surface area contributed by atoms with Crippen LogP contribution in [0.3, 0.4) is 0 Å². The van der Waals surface area contributed by atoms with Gasteiger partial charge in [0, 0.05) is 0 Å². The van der Waals surface area contributed by atoms with Crippen LogP contribution in [0.5, 0.6) is 5.75 Å². The lowest BCUT2D eigenvalue weighted by molar-refractivity contribution is 0.368. The van der Waals surface area contributed by atoms with Gasteiger partial charge in [-0.05, 0) is 61.1 Å². The number of nitrogens with one attached hydrogen (secondary N) is 2. The molecule has 5 nitrogen and oxygen atoms in total. The summed E-state index contributed by atoms with van der Waals surface area (Å²) < 4.78 is 18.7. The Hall–Kier alpha value is -2.98. The first kappa shape index (κ1) is 17.4. The van der Waals surface area contributed by atoms with Gasteiger partial charge in [-0.1, -0.05) is 12.1 Å². The van der Waals surface area contributed by atoms with Gasteiger partial charge < -0.3 is 10.1 Å². The molecule has 0 aliphatic carbocycles. The van der Waals surface area contributed by atoms with Crippen LogP contribution in [0, 0.1) is 17.1 Å². The monoisotopic (exact) mass is 342 g/mol. The maximum Gasteiger partial charge on any atom is 0.191 e. The molecule has 0 bridgehead atoms. The van der Waals surface area contributed by atoms with E-state index in [0.29, 0.717) is 11.5 Å². The fraction of sp³-hybridized carbons (Fsp3) is 0.118. The van der Waals surface area contributed by atoms with Gasteiger partial charge >= 0.3 is 0 Å². The average molecular weight is 342 g/mol. The maximum absolute atomic E-state index is 13.5. The van der Waals surface area contributed by atoms with Crippen LogP contribution in [0.1, 0.15) is 12.5 Å². The summed E-state index contributed by atoms with van der Waals surface area (Å²) >= 11 is 5.09. The van der Waals surface area contributed by atoms with Crippen LogP contribution in [0.15, 0.2) is 53.6 Å². The molecular formula is C17H15FN4OS. The Bertz CT molecular complexity index is 784. The van der Waals surface area contributed by atoms with Gasteiger partial charge in [-0.15, -0.1) is 0 Å². The van der Waals surface area contributed by atoms with Gasteiger partial charge in [-0.3, -0.25) is 5.43 Å². The van der Waals surface area contributed by atoms with Gasteiger partial charge in [0.05, 0.1) is 11.4 Å². The van der Waals surface area contributed by atoms with Crippen molar-refractivity contribution in [3.8, 4) is 11.8 Å². The molecule has 0 spiro atoms. The van der Waals surface area contributed by atoms with Crippen molar-refractivity contribution < 1.29 is 9.13 Å². The second kappa shape index (κ2) is 8.60. The van der Waals surface area contributed by atoms with E-state index < -0.39 is 5.82 Å². The van der Waals surface area contributed by atoms with Crippen LogP contribution < -0.4 is 15.5 Å². The van der Waals surface area contributed by atoms with Crippen molar-refractivity contribution in [2.24, 2.45) is 5.10 Å².